The highest BCUT2D eigenvalue weighted by molar-refractivity contribution is 7.92. The van der Waals surface area contributed by atoms with E-state index in [0.717, 1.165) is 37.5 Å². The topological polar surface area (TPSA) is 101 Å². The molecule has 0 atom stereocenters. The van der Waals surface area contributed by atoms with E-state index >= 15 is 0 Å². The third kappa shape index (κ3) is 5.67. The molecular formula is C15H22ClN3O3S. The summed E-state index contributed by atoms with van der Waals surface area (Å²) in [6, 6.07) is 5.06. The molecule has 1 aliphatic rings. The van der Waals surface area contributed by atoms with E-state index < -0.39 is 10.0 Å². The first-order chi connectivity index (χ1) is 10.7. The molecule has 1 amide bonds. The van der Waals surface area contributed by atoms with Crippen molar-refractivity contribution >= 4 is 33.2 Å². The minimum atomic E-state index is -3.34. The lowest BCUT2D eigenvalue weighted by Crippen LogP contribution is -2.36. The number of rotatable bonds is 5. The maximum Gasteiger partial charge on any atom is 0.229 e. The van der Waals surface area contributed by atoms with Crippen LogP contribution < -0.4 is 15.8 Å². The van der Waals surface area contributed by atoms with Crippen LogP contribution in [0.2, 0.25) is 5.02 Å². The van der Waals surface area contributed by atoms with Crippen molar-refractivity contribution in [1.29, 1.82) is 0 Å². The Labute approximate surface area is 141 Å². The van der Waals surface area contributed by atoms with Crippen LogP contribution in [-0.4, -0.2) is 26.6 Å². The van der Waals surface area contributed by atoms with E-state index in [-0.39, 0.29) is 17.9 Å². The molecule has 1 saturated carbocycles. The summed E-state index contributed by atoms with van der Waals surface area (Å²) >= 11 is 6.14. The van der Waals surface area contributed by atoms with E-state index in [2.05, 4.69) is 10.0 Å². The van der Waals surface area contributed by atoms with E-state index in [1.165, 1.54) is 6.07 Å². The molecule has 0 radical (unpaired) electrons. The van der Waals surface area contributed by atoms with Gasteiger partial charge in [-0.1, -0.05) is 17.7 Å². The Kier molecular flexibility index (Phi) is 5.89. The fourth-order valence-corrected chi connectivity index (χ4v) is 3.48. The number of hydrogen-bond donors (Lipinski definition) is 3. The van der Waals surface area contributed by atoms with Gasteiger partial charge in [0.15, 0.2) is 0 Å². The molecule has 0 spiro atoms. The molecule has 0 unspecified atom stereocenters. The summed E-state index contributed by atoms with van der Waals surface area (Å²) in [6.45, 7) is 0.319. The standard InChI is InChI=1S/C15H22ClN3O3S/c1-23(21,22)19-13-7-4-11(14(16)8-13)9-18-15(20)10-2-5-12(17)6-3-10/h4,7-8,10,12,19H,2-3,5-6,9,17H2,1H3,(H,18,20)/t10-,12+. The van der Waals surface area contributed by atoms with Gasteiger partial charge in [-0.05, 0) is 43.4 Å². The van der Waals surface area contributed by atoms with Crippen molar-refractivity contribution in [3.05, 3.63) is 28.8 Å². The molecule has 8 heteroatoms. The molecule has 23 heavy (non-hydrogen) atoms. The average Bonchev–Trinajstić information content (AvgIpc) is 2.45. The summed E-state index contributed by atoms with van der Waals surface area (Å²) in [5.74, 6) is 0.0334. The Morgan fingerprint density at radius 2 is 1.96 bits per heavy atom. The number of carbonyl (C=O) groups is 1. The molecular weight excluding hydrogens is 338 g/mol. The monoisotopic (exact) mass is 359 g/mol. The van der Waals surface area contributed by atoms with Crippen molar-refractivity contribution < 1.29 is 13.2 Å². The predicted molar refractivity (Wildman–Crippen MR) is 91.7 cm³/mol. The van der Waals surface area contributed by atoms with Gasteiger partial charge in [0.25, 0.3) is 0 Å². The molecule has 0 heterocycles. The molecule has 0 saturated heterocycles. The van der Waals surface area contributed by atoms with Gasteiger partial charge in [0.2, 0.25) is 15.9 Å². The van der Waals surface area contributed by atoms with Gasteiger partial charge >= 0.3 is 0 Å². The molecule has 1 aromatic carbocycles. The van der Waals surface area contributed by atoms with Gasteiger partial charge in [0.05, 0.1) is 6.26 Å². The number of sulfonamides is 1. The lowest BCUT2D eigenvalue weighted by molar-refractivity contribution is -0.126. The summed E-state index contributed by atoms with van der Waals surface area (Å²) in [7, 11) is -3.34. The summed E-state index contributed by atoms with van der Waals surface area (Å²) < 4.78 is 24.7. The van der Waals surface area contributed by atoms with Gasteiger partial charge in [-0.3, -0.25) is 9.52 Å². The van der Waals surface area contributed by atoms with Crippen molar-refractivity contribution in [3.63, 3.8) is 0 Å². The molecule has 0 bridgehead atoms. The van der Waals surface area contributed by atoms with Crippen LogP contribution in [0.15, 0.2) is 18.2 Å². The summed E-state index contributed by atoms with van der Waals surface area (Å²) in [6.07, 6.45) is 4.47. The van der Waals surface area contributed by atoms with Crippen molar-refractivity contribution in [2.45, 2.75) is 38.3 Å². The normalized spacial score (nSPS) is 21.7. The smallest absolute Gasteiger partial charge is 0.229 e. The van der Waals surface area contributed by atoms with Crippen molar-refractivity contribution in [2.75, 3.05) is 11.0 Å². The number of anilines is 1. The maximum absolute atomic E-state index is 12.2. The largest absolute Gasteiger partial charge is 0.352 e. The number of benzene rings is 1. The van der Waals surface area contributed by atoms with Crippen LogP contribution in [-0.2, 0) is 21.4 Å². The van der Waals surface area contributed by atoms with Crippen LogP contribution in [0.4, 0.5) is 5.69 Å². The summed E-state index contributed by atoms with van der Waals surface area (Å²) in [5.41, 5.74) is 6.98. The van der Waals surface area contributed by atoms with Gasteiger partial charge in [0, 0.05) is 29.2 Å². The Morgan fingerprint density at radius 1 is 1.30 bits per heavy atom. The summed E-state index contributed by atoms with van der Waals surface area (Å²) in [4.78, 5) is 12.2. The van der Waals surface area contributed by atoms with Crippen LogP contribution in [0.25, 0.3) is 0 Å². The van der Waals surface area contributed by atoms with Crippen LogP contribution in [0.1, 0.15) is 31.2 Å². The first-order valence-corrected chi connectivity index (χ1v) is 9.81. The number of nitrogens with one attached hydrogen (secondary N) is 2. The van der Waals surface area contributed by atoms with Gasteiger partial charge in [0.1, 0.15) is 0 Å². The quantitative estimate of drug-likeness (QED) is 0.746. The number of amides is 1. The minimum Gasteiger partial charge on any atom is -0.352 e. The molecule has 4 N–H and O–H groups in total. The first-order valence-electron chi connectivity index (χ1n) is 7.54. The van der Waals surface area contributed by atoms with Crippen molar-refractivity contribution in [3.8, 4) is 0 Å². The van der Waals surface area contributed by atoms with E-state index in [1.807, 2.05) is 0 Å². The Balaban J connectivity index is 1.91. The van der Waals surface area contributed by atoms with Crippen LogP contribution >= 0.6 is 11.6 Å². The molecule has 6 nitrogen and oxygen atoms in total. The molecule has 1 fully saturated rings. The SMILES string of the molecule is CS(=O)(=O)Nc1ccc(CNC(=O)[C@H]2CC[C@@H](N)CC2)c(Cl)c1. The van der Waals surface area contributed by atoms with Crippen molar-refractivity contribution in [2.24, 2.45) is 11.7 Å². The van der Waals surface area contributed by atoms with E-state index in [9.17, 15) is 13.2 Å². The van der Waals surface area contributed by atoms with Crippen LogP contribution in [0.5, 0.6) is 0 Å². The van der Waals surface area contributed by atoms with E-state index in [4.69, 9.17) is 17.3 Å². The minimum absolute atomic E-state index is 0.0137. The zero-order valence-electron chi connectivity index (χ0n) is 13.0. The molecule has 128 valence electrons. The van der Waals surface area contributed by atoms with Crippen molar-refractivity contribution in [1.82, 2.24) is 5.32 Å². The van der Waals surface area contributed by atoms with E-state index in [0.29, 0.717) is 17.3 Å². The van der Waals surface area contributed by atoms with E-state index in [1.54, 1.807) is 12.1 Å². The number of halogens is 1. The molecule has 1 aromatic rings. The number of nitrogens with two attached hydrogens (primary N) is 1. The molecule has 0 aliphatic heterocycles. The Bertz CT molecular complexity index is 671. The third-order valence-electron chi connectivity index (χ3n) is 3.95. The number of carbonyl (C=O) groups excluding carboxylic acids is 1. The Hall–Kier alpha value is -1.31. The highest BCUT2D eigenvalue weighted by atomic mass is 35.5. The average molecular weight is 360 g/mol. The third-order valence-corrected chi connectivity index (χ3v) is 4.91. The molecule has 0 aromatic heterocycles. The van der Waals surface area contributed by atoms with Gasteiger partial charge in [-0.15, -0.1) is 0 Å². The highest BCUT2D eigenvalue weighted by Crippen LogP contribution is 2.24. The first kappa shape index (κ1) is 18.0. The van der Waals surface area contributed by atoms with Crippen LogP contribution in [0.3, 0.4) is 0 Å². The van der Waals surface area contributed by atoms with Crippen LogP contribution in [0, 0.1) is 5.92 Å². The lowest BCUT2D eigenvalue weighted by Gasteiger charge is -2.25. The lowest BCUT2D eigenvalue weighted by atomic mass is 9.86. The zero-order chi connectivity index (χ0) is 17.0. The fraction of sp³-hybridized carbons (Fsp3) is 0.533. The molecule has 2 rings (SSSR count). The zero-order valence-corrected chi connectivity index (χ0v) is 14.6. The summed E-state index contributed by atoms with van der Waals surface area (Å²) in [5, 5.41) is 3.30. The van der Waals surface area contributed by atoms with Gasteiger partial charge in [-0.25, -0.2) is 8.42 Å². The second kappa shape index (κ2) is 7.51. The fourth-order valence-electron chi connectivity index (χ4n) is 2.68. The Morgan fingerprint density at radius 3 is 2.52 bits per heavy atom. The van der Waals surface area contributed by atoms with Gasteiger partial charge in [-0.2, -0.15) is 0 Å². The second-order valence-electron chi connectivity index (χ2n) is 6.01. The highest BCUT2D eigenvalue weighted by Gasteiger charge is 2.24. The number of hydrogen-bond acceptors (Lipinski definition) is 4. The maximum atomic E-state index is 12.2. The predicted octanol–water partition coefficient (Wildman–Crippen LogP) is 1.85. The second-order valence-corrected chi connectivity index (χ2v) is 8.17. The van der Waals surface area contributed by atoms with Gasteiger partial charge < -0.3 is 11.1 Å². The molecule has 1 aliphatic carbocycles.